The minimum absolute atomic E-state index is 0.480. The molecule has 1 aromatic rings. The van der Waals surface area contributed by atoms with Crippen LogP contribution in [0, 0.1) is 0 Å². The van der Waals surface area contributed by atoms with Gasteiger partial charge in [0.2, 0.25) is 0 Å². The lowest BCUT2D eigenvalue weighted by molar-refractivity contribution is 0.673. The van der Waals surface area contributed by atoms with Crippen molar-refractivity contribution < 1.29 is 0 Å². The van der Waals surface area contributed by atoms with E-state index in [0.29, 0.717) is 5.41 Å². The molecule has 1 saturated carbocycles. The molecular weight excluding hydrogens is 247 g/mol. The summed E-state index contributed by atoms with van der Waals surface area (Å²) < 4.78 is 0. The lowest BCUT2D eigenvalue weighted by Crippen LogP contribution is -2.06. The molecule has 13 heavy (non-hydrogen) atoms. The summed E-state index contributed by atoms with van der Waals surface area (Å²) in [6, 6.07) is 8.31. The van der Waals surface area contributed by atoms with Crippen LogP contribution in [0.15, 0.2) is 24.3 Å². The second-order valence-corrected chi connectivity index (χ2v) is 4.96. The molecule has 1 aromatic carbocycles. The summed E-state index contributed by atoms with van der Waals surface area (Å²) >= 11 is 9.36. The monoisotopic (exact) mass is 258 g/mol. The highest BCUT2D eigenvalue weighted by atomic mass is 79.9. The van der Waals surface area contributed by atoms with Crippen molar-refractivity contribution in [2.24, 2.45) is 0 Å². The van der Waals surface area contributed by atoms with Crippen molar-refractivity contribution in [3.63, 3.8) is 0 Å². The van der Waals surface area contributed by atoms with Crippen LogP contribution in [-0.2, 0) is 5.41 Å². The van der Waals surface area contributed by atoms with Crippen molar-refractivity contribution in [3.05, 3.63) is 34.9 Å². The summed E-state index contributed by atoms with van der Waals surface area (Å²) in [6.45, 7) is 0. The Bertz CT molecular complexity index is 287. The molecule has 1 aliphatic rings. The Hall–Kier alpha value is -0.0100. The third-order valence-electron chi connectivity index (χ3n) is 2.88. The van der Waals surface area contributed by atoms with Gasteiger partial charge < -0.3 is 0 Å². The molecule has 70 valence electrons. The van der Waals surface area contributed by atoms with E-state index in [1.807, 2.05) is 12.1 Å². The largest absolute Gasteiger partial charge is 0.0928 e. The summed E-state index contributed by atoms with van der Waals surface area (Å²) in [5, 5.41) is 1.92. The molecule has 0 heterocycles. The standard InChI is InChI=1S/C11H12BrCl/c12-8-7-11(5-6-11)9-1-3-10(13)4-2-9/h1-4H,5-8H2. The molecule has 0 radical (unpaired) electrons. The molecule has 0 nitrogen and oxygen atoms in total. The Kier molecular flexibility index (Phi) is 2.66. The number of alkyl halides is 1. The van der Waals surface area contributed by atoms with E-state index in [9.17, 15) is 0 Å². The van der Waals surface area contributed by atoms with Gasteiger partial charge in [-0.15, -0.1) is 0 Å². The van der Waals surface area contributed by atoms with Gasteiger partial charge in [0.25, 0.3) is 0 Å². The van der Waals surface area contributed by atoms with Crippen molar-refractivity contribution >= 4 is 27.5 Å². The minimum atomic E-state index is 0.480. The SMILES string of the molecule is Clc1ccc(C2(CCBr)CC2)cc1. The number of benzene rings is 1. The van der Waals surface area contributed by atoms with E-state index in [1.165, 1.54) is 24.8 Å². The van der Waals surface area contributed by atoms with Crippen LogP contribution in [0.2, 0.25) is 5.02 Å². The van der Waals surface area contributed by atoms with Crippen LogP contribution >= 0.6 is 27.5 Å². The second kappa shape index (κ2) is 3.62. The fourth-order valence-corrected chi connectivity index (χ4v) is 2.70. The lowest BCUT2D eigenvalue weighted by atomic mass is 9.93. The minimum Gasteiger partial charge on any atom is -0.0928 e. The van der Waals surface area contributed by atoms with E-state index >= 15 is 0 Å². The molecular formula is C11H12BrCl. The molecule has 1 aliphatic carbocycles. The highest BCUT2D eigenvalue weighted by Gasteiger charge is 2.42. The molecule has 2 heteroatoms. The van der Waals surface area contributed by atoms with Gasteiger partial charge in [0.15, 0.2) is 0 Å². The molecule has 2 rings (SSSR count). The summed E-state index contributed by atoms with van der Waals surface area (Å²) in [6.07, 6.45) is 3.91. The molecule has 0 atom stereocenters. The maximum absolute atomic E-state index is 5.85. The third-order valence-corrected chi connectivity index (χ3v) is 3.53. The Morgan fingerprint density at radius 2 is 1.85 bits per heavy atom. The fraction of sp³-hybridized carbons (Fsp3) is 0.455. The van der Waals surface area contributed by atoms with Crippen molar-refractivity contribution in [2.75, 3.05) is 5.33 Å². The first-order chi connectivity index (χ1) is 6.27. The zero-order chi connectivity index (χ0) is 9.31. The van der Waals surface area contributed by atoms with Crippen molar-refractivity contribution in [1.29, 1.82) is 0 Å². The predicted molar refractivity (Wildman–Crippen MR) is 60.8 cm³/mol. The molecule has 0 aliphatic heterocycles. The summed E-state index contributed by atoms with van der Waals surface area (Å²) in [5.41, 5.74) is 1.94. The van der Waals surface area contributed by atoms with E-state index in [4.69, 9.17) is 11.6 Å². The Morgan fingerprint density at radius 1 is 1.23 bits per heavy atom. The van der Waals surface area contributed by atoms with Crippen LogP contribution in [0.1, 0.15) is 24.8 Å². The molecule has 0 saturated heterocycles. The van der Waals surface area contributed by atoms with Crippen LogP contribution < -0.4 is 0 Å². The predicted octanol–water partition coefficient (Wildman–Crippen LogP) is 4.16. The van der Waals surface area contributed by atoms with Crippen LogP contribution in [0.4, 0.5) is 0 Å². The molecule has 0 amide bonds. The van der Waals surface area contributed by atoms with Gasteiger partial charge in [-0.2, -0.15) is 0 Å². The van der Waals surface area contributed by atoms with Crippen molar-refractivity contribution in [2.45, 2.75) is 24.7 Å². The Balaban J connectivity index is 2.20. The quantitative estimate of drug-likeness (QED) is 0.715. The Morgan fingerprint density at radius 3 is 2.31 bits per heavy atom. The first-order valence-electron chi connectivity index (χ1n) is 4.59. The van der Waals surface area contributed by atoms with Gasteiger partial charge in [-0.05, 0) is 42.4 Å². The number of hydrogen-bond acceptors (Lipinski definition) is 0. The van der Waals surface area contributed by atoms with Gasteiger partial charge in [-0.25, -0.2) is 0 Å². The van der Waals surface area contributed by atoms with Crippen molar-refractivity contribution in [3.8, 4) is 0 Å². The second-order valence-electron chi connectivity index (χ2n) is 3.73. The van der Waals surface area contributed by atoms with Gasteiger partial charge >= 0.3 is 0 Å². The van der Waals surface area contributed by atoms with Crippen LogP contribution in [0.25, 0.3) is 0 Å². The maximum Gasteiger partial charge on any atom is 0.0406 e. The van der Waals surface area contributed by atoms with Crippen LogP contribution in [-0.4, -0.2) is 5.33 Å². The van der Waals surface area contributed by atoms with Gasteiger partial charge in [0.1, 0.15) is 0 Å². The third kappa shape index (κ3) is 1.92. The first-order valence-corrected chi connectivity index (χ1v) is 6.09. The highest BCUT2D eigenvalue weighted by molar-refractivity contribution is 9.09. The zero-order valence-electron chi connectivity index (χ0n) is 7.39. The summed E-state index contributed by atoms with van der Waals surface area (Å²) in [5.74, 6) is 0. The molecule has 0 bridgehead atoms. The highest BCUT2D eigenvalue weighted by Crippen LogP contribution is 2.51. The topological polar surface area (TPSA) is 0 Å². The van der Waals surface area contributed by atoms with Gasteiger partial charge in [-0.3, -0.25) is 0 Å². The smallest absolute Gasteiger partial charge is 0.0406 e. The van der Waals surface area contributed by atoms with E-state index < -0.39 is 0 Å². The first kappa shape index (κ1) is 9.54. The number of halogens is 2. The van der Waals surface area contributed by atoms with E-state index in [-0.39, 0.29) is 0 Å². The molecule has 1 fully saturated rings. The van der Waals surface area contributed by atoms with Crippen LogP contribution in [0.3, 0.4) is 0 Å². The summed E-state index contributed by atoms with van der Waals surface area (Å²) in [7, 11) is 0. The van der Waals surface area contributed by atoms with E-state index in [2.05, 4.69) is 28.1 Å². The molecule has 0 spiro atoms. The molecule has 0 unspecified atom stereocenters. The van der Waals surface area contributed by atoms with Crippen molar-refractivity contribution in [1.82, 2.24) is 0 Å². The van der Waals surface area contributed by atoms with Gasteiger partial charge in [0, 0.05) is 10.4 Å². The normalized spacial score (nSPS) is 18.6. The van der Waals surface area contributed by atoms with Gasteiger partial charge in [0.05, 0.1) is 0 Å². The fourth-order valence-electron chi connectivity index (χ4n) is 1.82. The average Bonchev–Trinajstić information content (AvgIpc) is 2.87. The molecule has 0 aromatic heterocycles. The van der Waals surface area contributed by atoms with Gasteiger partial charge in [-0.1, -0.05) is 39.7 Å². The molecule has 0 N–H and O–H groups in total. The lowest BCUT2D eigenvalue weighted by Gasteiger charge is -2.13. The summed E-state index contributed by atoms with van der Waals surface area (Å²) in [4.78, 5) is 0. The maximum atomic E-state index is 5.85. The Labute approximate surface area is 92.4 Å². The van der Waals surface area contributed by atoms with E-state index in [0.717, 1.165) is 10.4 Å². The zero-order valence-corrected chi connectivity index (χ0v) is 9.74. The number of rotatable bonds is 3. The van der Waals surface area contributed by atoms with E-state index in [1.54, 1.807) is 0 Å². The average molecular weight is 260 g/mol. The number of hydrogen-bond donors (Lipinski definition) is 0. The van der Waals surface area contributed by atoms with Crippen LogP contribution in [0.5, 0.6) is 0 Å².